The van der Waals surface area contributed by atoms with Crippen molar-refractivity contribution in [1.82, 2.24) is 10.2 Å². The minimum absolute atomic E-state index is 0.381. The first kappa shape index (κ1) is 17.6. The lowest BCUT2D eigenvalue weighted by Gasteiger charge is -2.24. The van der Waals surface area contributed by atoms with Gasteiger partial charge < -0.3 is 15.0 Å². The molecule has 0 heterocycles. The van der Waals surface area contributed by atoms with Gasteiger partial charge in [-0.25, -0.2) is 0 Å². The van der Waals surface area contributed by atoms with Gasteiger partial charge in [0, 0.05) is 30.2 Å². The molecule has 0 aliphatic heterocycles. The van der Waals surface area contributed by atoms with Crippen LogP contribution in [0, 0.1) is 0 Å². The number of benzene rings is 1. The molecule has 4 heteroatoms. The van der Waals surface area contributed by atoms with E-state index in [1.807, 2.05) is 14.0 Å². The highest BCUT2D eigenvalue weighted by molar-refractivity contribution is 9.10. The average Bonchev–Trinajstić information content (AvgIpc) is 2.47. The van der Waals surface area contributed by atoms with Crippen LogP contribution in [0.5, 0.6) is 0 Å². The van der Waals surface area contributed by atoms with Crippen molar-refractivity contribution in [3.8, 4) is 0 Å². The van der Waals surface area contributed by atoms with Crippen molar-refractivity contribution in [3.05, 3.63) is 34.3 Å². The molecule has 1 aromatic rings. The van der Waals surface area contributed by atoms with E-state index in [0.717, 1.165) is 39.3 Å². The normalized spacial score (nSPS) is 12.8. The Kier molecular flexibility index (Phi) is 9.10. The van der Waals surface area contributed by atoms with Crippen LogP contribution in [-0.2, 0) is 4.74 Å². The molecular formula is C16H27BrN2O. The molecule has 20 heavy (non-hydrogen) atoms. The predicted molar refractivity (Wildman–Crippen MR) is 89.2 cm³/mol. The molecule has 0 spiro atoms. The number of nitrogens with one attached hydrogen (secondary N) is 1. The smallest absolute Gasteiger partial charge is 0.0593 e. The molecule has 0 aliphatic rings. The third kappa shape index (κ3) is 5.92. The van der Waals surface area contributed by atoms with Crippen LogP contribution in [0.1, 0.15) is 31.9 Å². The zero-order chi connectivity index (χ0) is 14.8. The molecule has 1 rings (SSSR count). The second kappa shape index (κ2) is 10.3. The highest BCUT2D eigenvalue weighted by Gasteiger charge is 2.13. The zero-order valence-electron chi connectivity index (χ0n) is 12.9. The van der Waals surface area contributed by atoms with Crippen LogP contribution in [0.2, 0.25) is 0 Å². The van der Waals surface area contributed by atoms with Crippen molar-refractivity contribution in [2.45, 2.75) is 26.3 Å². The number of nitrogens with zero attached hydrogens (tertiary/aromatic N) is 1. The Morgan fingerprint density at radius 1 is 1.25 bits per heavy atom. The van der Waals surface area contributed by atoms with Crippen molar-refractivity contribution < 1.29 is 4.74 Å². The Morgan fingerprint density at radius 3 is 2.60 bits per heavy atom. The van der Waals surface area contributed by atoms with Gasteiger partial charge in [-0.2, -0.15) is 0 Å². The second-order valence-corrected chi connectivity index (χ2v) is 5.64. The standard InChI is InChI=1S/C16H27BrN2O/c1-4-19(12-13-20-5-2)11-10-16(18-3)14-8-6-7-9-15(14)17/h6-9,16,18H,4-5,10-13H2,1-3H3. The zero-order valence-corrected chi connectivity index (χ0v) is 14.4. The fourth-order valence-corrected chi connectivity index (χ4v) is 2.85. The molecule has 114 valence electrons. The molecular weight excluding hydrogens is 316 g/mol. The van der Waals surface area contributed by atoms with E-state index in [4.69, 9.17) is 4.74 Å². The summed E-state index contributed by atoms with van der Waals surface area (Å²) in [6.07, 6.45) is 1.10. The van der Waals surface area contributed by atoms with E-state index in [2.05, 4.69) is 57.3 Å². The molecule has 3 nitrogen and oxygen atoms in total. The first-order valence-electron chi connectivity index (χ1n) is 7.44. The van der Waals surface area contributed by atoms with Gasteiger partial charge in [-0.3, -0.25) is 0 Å². The van der Waals surface area contributed by atoms with Gasteiger partial charge in [-0.1, -0.05) is 41.1 Å². The predicted octanol–water partition coefficient (Wildman–Crippen LogP) is 3.46. The van der Waals surface area contributed by atoms with Crippen molar-refractivity contribution in [2.75, 3.05) is 39.9 Å². The highest BCUT2D eigenvalue weighted by atomic mass is 79.9. The summed E-state index contributed by atoms with van der Waals surface area (Å²) < 4.78 is 6.62. The van der Waals surface area contributed by atoms with Crippen LogP contribution in [0.25, 0.3) is 0 Å². The topological polar surface area (TPSA) is 24.5 Å². The summed E-state index contributed by atoms with van der Waals surface area (Å²) in [7, 11) is 2.03. The average molecular weight is 343 g/mol. The maximum absolute atomic E-state index is 5.44. The number of halogens is 1. The third-order valence-electron chi connectivity index (χ3n) is 3.57. The molecule has 0 fully saturated rings. The molecule has 0 amide bonds. The Morgan fingerprint density at radius 2 is 2.00 bits per heavy atom. The lowest BCUT2D eigenvalue weighted by Crippen LogP contribution is -2.31. The first-order chi connectivity index (χ1) is 9.72. The molecule has 1 N–H and O–H groups in total. The largest absolute Gasteiger partial charge is 0.380 e. The van der Waals surface area contributed by atoms with Crippen LogP contribution in [0.4, 0.5) is 0 Å². The summed E-state index contributed by atoms with van der Waals surface area (Å²) in [5, 5.41) is 3.42. The van der Waals surface area contributed by atoms with E-state index in [0.29, 0.717) is 6.04 Å². The van der Waals surface area contributed by atoms with E-state index >= 15 is 0 Å². The van der Waals surface area contributed by atoms with E-state index in [1.165, 1.54) is 10.0 Å². The van der Waals surface area contributed by atoms with Crippen molar-refractivity contribution in [1.29, 1.82) is 0 Å². The van der Waals surface area contributed by atoms with Gasteiger partial charge in [0.05, 0.1) is 6.61 Å². The van der Waals surface area contributed by atoms with Gasteiger partial charge in [0.25, 0.3) is 0 Å². The summed E-state index contributed by atoms with van der Waals surface area (Å²) in [5.74, 6) is 0. The lowest BCUT2D eigenvalue weighted by molar-refractivity contribution is 0.113. The van der Waals surface area contributed by atoms with Crippen molar-refractivity contribution in [3.63, 3.8) is 0 Å². The summed E-state index contributed by atoms with van der Waals surface area (Å²) in [6.45, 7) is 9.03. The minimum Gasteiger partial charge on any atom is -0.380 e. The Labute approximate surface area is 131 Å². The van der Waals surface area contributed by atoms with Gasteiger partial charge in [0.1, 0.15) is 0 Å². The van der Waals surface area contributed by atoms with E-state index < -0.39 is 0 Å². The van der Waals surface area contributed by atoms with E-state index in [-0.39, 0.29) is 0 Å². The molecule has 0 saturated heterocycles. The number of ether oxygens (including phenoxy) is 1. The van der Waals surface area contributed by atoms with Crippen LogP contribution < -0.4 is 5.32 Å². The monoisotopic (exact) mass is 342 g/mol. The molecule has 0 aromatic heterocycles. The Hall–Kier alpha value is -0.420. The number of likely N-dealkylation sites (N-methyl/N-ethyl adjacent to an activating group) is 1. The van der Waals surface area contributed by atoms with Crippen molar-refractivity contribution in [2.24, 2.45) is 0 Å². The van der Waals surface area contributed by atoms with Gasteiger partial charge >= 0.3 is 0 Å². The molecule has 0 radical (unpaired) electrons. The maximum Gasteiger partial charge on any atom is 0.0593 e. The summed E-state index contributed by atoms with van der Waals surface area (Å²) in [4.78, 5) is 2.44. The number of rotatable bonds is 10. The first-order valence-corrected chi connectivity index (χ1v) is 8.24. The molecule has 0 saturated carbocycles. The van der Waals surface area contributed by atoms with Gasteiger partial charge in [-0.15, -0.1) is 0 Å². The van der Waals surface area contributed by atoms with Gasteiger partial charge in [0.2, 0.25) is 0 Å². The van der Waals surface area contributed by atoms with Crippen LogP contribution in [0.15, 0.2) is 28.7 Å². The van der Waals surface area contributed by atoms with Gasteiger partial charge in [0.15, 0.2) is 0 Å². The highest BCUT2D eigenvalue weighted by Crippen LogP contribution is 2.25. The Balaban J connectivity index is 2.49. The van der Waals surface area contributed by atoms with Crippen LogP contribution in [-0.4, -0.2) is 44.8 Å². The van der Waals surface area contributed by atoms with E-state index in [1.54, 1.807) is 0 Å². The fraction of sp³-hybridized carbons (Fsp3) is 0.625. The van der Waals surface area contributed by atoms with E-state index in [9.17, 15) is 0 Å². The van der Waals surface area contributed by atoms with Crippen LogP contribution >= 0.6 is 15.9 Å². The maximum atomic E-state index is 5.44. The quantitative estimate of drug-likeness (QED) is 0.659. The number of hydrogen-bond donors (Lipinski definition) is 1. The lowest BCUT2D eigenvalue weighted by atomic mass is 10.0. The second-order valence-electron chi connectivity index (χ2n) is 4.78. The summed E-state index contributed by atoms with van der Waals surface area (Å²) >= 11 is 3.64. The SMILES string of the molecule is CCOCCN(CC)CCC(NC)c1ccccc1Br. The Bertz CT molecular complexity index is 373. The van der Waals surface area contributed by atoms with Crippen LogP contribution in [0.3, 0.4) is 0 Å². The third-order valence-corrected chi connectivity index (χ3v) is 4.29. The molecule has 0 bridgehead atoms. The minimum atomic E-state index is 0.381. The molecule has 0 aliphatic carbocycles. The molecule has 1 unspecified atom stereocenters. The number of hydrogen-bond acceptors (Lipinski definition) is 3. The molecule has 1 atom stereocenters. The summed E-state index contributed by atoms with van der Waals surface area (Å²) in [5.41, 5.74) is 1.33. The molecule has 1 aromatic carbocycles. The summed E-state index contributed by atoms with van der Waals surface area (Å²) in [6, 6.07) is 8.82. The van der Waals surface area contributed by atoms with Gasteiger partial charge in [-0.05, 0) is 38.6 Å². The fourth-order valence-electron chi connectivity index (χ4n) is 2.29. The van der Waals surface area contributed by atoms with Crippen molar-refractivity contribution >= 4 is 15.9 Å².